The zero-order chi connectivity index (χ0) is 39.1. The Hall–Kier alpha value is -5.70. The second-order valence-electron chi connectivity index (χ2n) is 15.5. The van der Waals surface area contributed by atoms with Crippen molar-refractivity contribution in [3.63, 3.8) is 0 Å². The van der Waals surface area contributed by atoms with Crippen molar-refractivity contribution in [2.75, 3.05) is 45.6 Å². The van der Waals surface area contributed by atoms with Gasteiger partial charge >= 0.3 is 0 Å². The Bertz CT molecular complexity index is 2210. The SMILES string of the molecule is CN(C)C(=O)c1cc2cnc(Nc3ccc(C(=O)NCCN4CCC(c5cc(F)cc6c5CN(C5CCC(=O)NC5=O)C6=O)CC4)cc3)nc2n1C1CCCC1. The number of carbonyl (C=O) groups is 5. The summed E-state index contributed by atoms with van der Waals surface area (Å²) in [6.07, 6.45) is 7.94. The lowest BCUT2D eigenvalue weighted by molar-refractivity contribution is -0.136. The second kappa shape index (κ2) is 15.4. The second-order valence-corrected chi connectivity index (χ2v) is 15.5. The zero-order valence-corrected chi connectivity index (χ0v) is 31.6. The molecule has 0 spiro atoms. The minimum absolute atomic E-state index is 0.0572. The van der Waals surface area contributed by atoms with Crippen LogP contribution in [0.1, 0.15) is 106 Å². The summed E-state index contributed by atoms with van der Waals surface area (Å²) in [6.45, 7) is 2.85. The number of nitrogens with one attached hydrogen (secondary N) is 3. The predicted octanol–water partition coefficient (Wildman–Crippen LogP) is 4.50. The van der Waals surface area contributed by atoms with Crippen LogP contribution in [0.25, 0.3) is 11.0 Å². The van der Waals surface area contributed by atoms with E-state index in [-0.39, 0.29) is 55.0 Å². The van der Waals surface area contributed by atoms with E-state index in [1.165, 1.54) is 17.0 Å². The quantitative estimate of drug-likeness (QED) is 0.198. The van der Waals surface area contributed by atoms with Crippen LogP contribution in [-0.2, 0) is 16.1 Å². The van der Waals surface area contributed by atoms with E-state index in [9.17, 15) is 28.4 Å². The number of rotatable bonds is 10. The number of aromatic nitrogens is 3. The molecule has 1 unspecified atom stereocenters. The van der Waals surface area contributed by atoms with E-state index in [1.807, 2.05) is 18.2 Å². The summed E-state index contributed by atoms with van der Waals surface area (Å²) in [5.74, 6) is -1.46. The van der Waals surface area contributed by atoms with Crippen LogP contribution < -0.4 is 16.0 Å². The number of nitrogens with zero attached hydrogens (tertiary/aromatic N) is 6. The van der Waals surface area contributed by atoms with Crippen LogP contribution in [-0.4, -0.2) is 105 Å². The molecule has 0 bridgehead atoms. The molecular weight excluding hydrogens is 718 g/mol. The fourth-order valence-corrected chi connectivity index (χ4v) is 8.74. The molecule has 1 saturated carbocycles. The molecule has 3 N–H and O–H groups in total. The number of piperidine rings is 2. The van der Waals surface area contributed by atoms with Crippen LogP contribution in [0.5, 0.6) is 0 Å². The van der Waals surface area contributed by atoms with Crippen LogP contribution in [0.2, 0.25) is 0 Å². The van der Waals surface area contributed by atoms with Gasteiger partial charge < -0.3 is 29.9 Å². The molecule has 5 amide bonds. The highest BCUT2D eigenvalue weighted by Gasteiger charge is 2.41. The minimum Gasteiger partial charge on any atom is -0.351 e. The molecule has 2 saturated heterocycles. The van der Waals surface area contributed by atoms with Gasteiger partial charge in [-0.25, -0.2) is 9.37 Å². The lowest BCUT2D eigenvalue weighted by Gasteiger charge is -2.33. The number of carbonyl (C=O) groups excluding carboxylic acids is 5. The summed E-state index contributed by atoms with van der Waals surface area (Å²) in [4.78, 5) is 78.2. The first kappa shape index (κ1) is 37.2. The number of likely N-dealkylation sites (tertiary alicyclic amines) is 1. The van der Waals surface area contributed by atoms with E-state index < -0.39 is 17.8 Å². The molecule has 1 atom stereocenters. The van der Waals surface area contributed by atoms with Crippen LogP contribution in [0, 0.1) is 5.82 Å². The van der Waals surface area contributed by atoms with Gasteiger partial charge in [-0.05, 0) is 105 Å². The predicted molar refractivity (Wildman–Crippen MR) is 206 cm³/mol. The molecule has 15 heteroatoms. The van der Waals surface area contributed by atoms with Crippen molar-refractivity contribution in [3.05, 3.63) is 82.4 Å². The van der Waals surface area contributed by atoms with Gasteiger partial charge in [-0.1, -0.05) is 12.8 Å². The number of hydrogen-bond acceptors (Lipinski definition) is 9. The smallest absolute Gasteiger partial charge is 0.270 e. The Morgan fingerprint density at radius 3 is 2.45 bits per heavy atom. The Kier molecular flexibility index (Phi) is 10.3. The number of imide groups is 1. The molecule has 5 heterocycles. The van der Waals surface area contributed by atoms with E-state index in [2.05, 4.69) is 30.4 Å². The van der Waals surface area contributed by atoms with Crippen molar-refractivity contribution in [2.24, 2.45) is 0 Å². The summed E-state index contributed by atoms with van der Waals surface area (Å²) < 4.78 is 16.9. The molecule has 14 nitrogen and oxygen atoms in total. The zero-order valence-electron chi connectivity index (χ0n) is 31.6. The normalized spacial score (nSPS) is 19.4. The van der Waals surface area contributed by atoms with Gasteiger partial charge in [0.25, 0.3) is 17.7 Å². The Balaban J connectivity index is 0.838. The van der Waals surface area contributed by atoms with Gasteiger partial charge in [-0.2, -0.15) is 4.98 Å². The fourth-order valence-electron chi connectivity index (χ4n) is 8.74. The highest BCUT2D eigenvalue weighted by atomic mass is 19.1. The first-order chi connectivity index (χ1) is 27.0. The van der Waals surface area contributed by atoms with Crippen molar-refractivity contribution >= 4 is 52.2 Å². The van der Waals surface area contributed by atoms with Crippen LogP contribution in [0.3, 0.4) is 0 Å². The first-order valence-electron chi connectivity index (χ1n) is 19.5. The first-order valence-corrected chi connectivity index (χ1v) is 19.5. The molecule has 3 fully saturated rings. The Labute approximate surface area is 323 Å². The molecule has 3 aliphatic heterocycles. The Morgan fingerprint density at radius 1 is 0.982 bits per heavy atom. The fraction of sp³-hybridized carbons (Fsp3) is 0.439. The van der Waals surface area contributed by atoms with E-state index in [1.54, 1.807) is 37.3 Å². The van der Waals surface area contributed by atoms with Gasteiger partial charge in [0, 0.05) is 74.6 Å². The van der Waals surface area contributed by atoms with Crippen molar-refractivity contribution in [2.45, 2.75) is 75.9 Å². The van der Waals surface area contributed by atoms with Crippen LogP contribution >= 0.6 is 0 Å². The molecule has 56 heavy (non-hydrogen) atoms. The minimum atomic E-state index is -0.748. The average molecular weight is 764 g/mol. The van der Waals surface area contributed by atoms with Gasteiger partial charge in [-0.3, -0.25) is 29.3 Å². The molecule has 4 aromatic rings. The van der Waals surface area contributed by atoms with Crippen LogP contribution in [0.4, 0.5) is 16.0 Å². The topological polar surface area (TPSA) is 162 Å². The summed E-state index contributed by atoms with van der Waals surface area (Å²) >= 11 is 0. The average Bonchev–Trinajstić information content (AvgIpc) is 3.93. The lowest BCUT2D eigenvalue weighted by atomic mass is 9.85. The van der Waals surface area contributed by atoms with Gasteiger partial charge in [0.05, 0.1) is 0 Å². The lowest BCUT2D eigenvalue weighted by Crippen LogP contribution is -2.52. The molecule has 0 radical (unpaired) electrons. The third-order valence-corrected chi connectivity index (χ3v) is 11.7. The van der Waals surface area contributed by atoms with Crippen LogP contribution in [0.15, 0.2) is 48.7 Å². The number of amides is 5. The van der Waals surface area contributed by atoms with Gasteiger partial charge in [0.1, 0.15) is 23.2 Å². The van der Waals surface area contributed by atoms with Gasteiger partial charge in [0.2, 0.25) is 17.8 Å². The number of halogens is 1. The maximum atomic E-state index is 14.8. The summed E-state index contributed by atoms with van der Waals surface area (Å²) in [6, 6.07) is 11.2. The van der Waals surface area contributed by atoms with E-state index in [0.29, 0.717) is 35.9 Å². The highest BCUT2D eigenvalue weighted by molar-refractivity contribution is 6.05. The maximum absolute atomic E-state index is 14.8. The largest absolute Gasteiger partial charge is 0.351 e. The van der Waals surface area contributed by atoms with Crippen molar-refractivity contribution < 1.29 is 28.4 Å². The van der Waals surface area contributed by atoms with Gasteiger partial charge in [0.15, 0.2) is 0 Å². The molecule has 8 rings (SSSR count). The third kappa shape index (κ3) is 7.34. The standard InChI is InChI=1S/C41H46FN9O5/c1-48(2)40(56)34-19-26-22-44-41(47-36(26)51(34)29-5-3-4-6-29)45-28-9-7-25(8-10-28)37(53)43-15-18-49-16-13-24(14-17-49)30-20-27(42)21-31-32(30)23-50(39(31)55)33-11-12-35(52)46-38(33)54/h7-10,19-22,24,29,33H,3-6,11-18,23H2,1-2H3,(H,43,53)(H,44,45,47)(H,46,52,54). The third-order valence-electron chi connectivity index (χ3n) is 11.7. The maximum Gasteiger partial charge on any atom is 0.270 e. The molecule has 292 valence electrons. The number of hydrogen-bond donors (Lipinski definition) is 3. The number of benzene rings is 2. The molecular formula is C41H46FN9O5. The highest BCUT2D eigenvalue weighted by Crippen LogP contribution is 2.38. The van der Waals surface area contributed by atoms with E-state index >= 15 is 0 Å². The van der Waals surface area contributed by atoms with Gasteiger partial charge in [-0.15, -0.1) is 0 Å². The molecule has 1 aliphatic carbocycles. The van der Waals surface area contributed by atoms with E-state index in [4.69, 9.17) is 4.98 Å². The van der Waals surface area contributed by atoms with Crippen molar-refractivity contribution in [1.82, 2.24) is 39.9 Å². The summed E-state index contributed by atoms with van der Waals surface area (Å²) in [7, 11) is 3.50. The monoisotopic (exact) mass is 763 g/mol. The molecule has 2 aromatic carbocycles. The number of anilines is 2. The van der Waals surface area contributed by atoms with Crippen molar-refractivity contribution in [3.8, 4) is 0 Å². The van der Waals surface area contributed by atoms with E-state index in [0.717, 1.165) is 79.5 Å². The van der Waals surface area contributed by atoms with Crippen molar-refractivity contribution in [1.29, 1.82) is 0 Å². The molecule has 2 aromatic heterocycles. The Morgan fingerprint density at radius 2 is 1.73 bits per heavy atom. The summed E-state index contributed by atoms with van der Waals surface area (Å²) in [5, 5.41) is 9.39. The number of fused-ring (bicyclic) bond motifs is 2. The molecule has 4 aliphatic rings. The summed E-state index contributed by atoms with van der Waals surface area (Å²) in [5.41, 5.74) is 4.47.